The molecule has 0 radical (unpaired) electrons. The topological polar surface area (TPSA) is 113 Å². The van der Waals surface area contributed by atoms with Crippen LogP contribution in [0.5, 0.6) is 17.6 Å². The number of aromatic hydroxyl groups is 1. The molecule has 12 heteroatoms. The van der Waals surface area contributed by atoms with Crippen LogP contribution in [0.1, 0.15) is 45.6 Å². The van der Waals surface area contributed by atoms with Crippen molar-refractivity contribution in [3.63, 3.8) is 0 Å². The van der Waals surface area contributed by atoms with Gasteiger partial charge in [-0.15, -0.1) is 6.42 Å². The lowest BCUT2D eigenvalue weighted by molar-refractivity contribution is 0.0647. The zero-order chi connectivity index (χ0) is 32.3. The molecule has 0 bridgehead atoms. The monoisotopic (exact) mass is 621 g/mol. The van der Waals surface area contributed by atoms with Crippen LogP contribution in [-0.2, 0) is 0 Å². The minimum atomic E-state index is -1.21. The predicted molar refractivity (Wildman–Crippen MR) is 164 cm³/mol. The molecule has 2 saturated heterocycles. The maximum atomic E-state index is 16.8. The maximum Gasteiger partial charge on any atom is 0.319 e. The van der Waals surface area contributed by atoms with Gasteiger partial charge in [0.05, 0.1) is 29.9 Å². The molecule has 2 aliphatic heterocycles. The van der Waals surface area contributed by atoms with Gasteiger partial charge in [0.15, 0.2) is 5.82 Å². The summed E-state index contributed by atoms with van der Waals surface area (Å²) < 4.78 is 57.7. The molecule has 45 heavy (non-hydrogen) atoms. The number of rotatable bonds is 8. The molecule has 6 rings (SSSR count). The van der Waals surface area contributed by atoms with E-state index in [-0.39, 0.29) is 63.2 Å². The Morgan fingerprint density at radius 1 is 1.22 bits per heavy atom. The summed E-state index contributed by atoms with van der Waals surface area (Å²) in [5.74, 6) is 0.489. The second-order valence-corrected chi connectivity index (χ2v) is 12.4. The number of methoxy groups -OCH3 is 1. The Balaban J connectivity index is 1.56. The van der Waals surface area contributed by atoms with Crippen molar-refractivity contribution < 1.29 is 32.9 Å². The molecular formula is C33H34F3N5O4. The van der Waals surface area contributed by atoms with Crippen LogP contribution in [0.3, 0.4) is 0 Å². The van der Waals surface area contributed by atoms with Gasteiger partial charge in [0.1, 0.15) is 46.8 Å². The number of hydrogen-bond donors (Lipinski definition) is 3. The van der Waals surface area contributed by atoms with E-state index in [9.17, 15) is 19.0 Å². The van der Waals surface area contributed by atoms with E-state index in [1.165, 1.54) is 31.4 Å². The third kappa shape index (κ3) is 5.34. The molecule has 2 aromatic heterocycles. The standard InChI is InChI=1S/C33H34F3N5O4/c1-6-21-23(35)9-8-18-12-20(42)13-22(24(18)21)27-26(36)28-25(30(38-27)44-5)29(37-17(2)32(3,4)43)40-31(39-28)45-16-33-10-7-11-41(33)15-19(34)14-33/h1,8-9,12-13,17,19,42-43H,7,10-11,14-16H2,2-5H3,(H,37,39,40)/t17-,19+,33-/m0/s1. The molecule has 0 unspecified atom stereocenters. The first-order valence-electron chi connectivity index (χ1n) is 14.7. The van der Waals surface area contributed by atoms with Crippen molar-refractivity contribution in [2.45, 2.75) is 63.4 Å². The minimum absolute atomic E-state index is 0.0241. The average Bonchev–Trinajstić information content (AvgIpc) is 3.51. The number of nitrogens with zero attached hydrogens (tertiary/aromatic N) is 4. The van der Waals surface area contributed by atoms with Gasteiger partial charge < -0.3 is 25.0 Å². The Labute approximate surface area is 258 Å². The molecule has 3 atom stereocenters. The number of alkyl halides is 1. The van der Waals surface area contributed by atoms with E-state index in [0.29, 0.717) is 18.4 Å². The number of aliphatic hydroxyl groups is 1. The summed E-state index contributed by atoms with van der Waals surface area (Å²) in [6.45, 7) is 6.13. The van der Waals surface area contributed by atoms with Gasteiger partial charge >= 0.3 is 6.01 Å². The van der Waals surface area contributed by atoms with Crippen LogP contribution >= 0.6 is 0 Å². The summed E-state index contributed by atoms with van der Waals surface area (Å²) in [4.78, 5) is 15.5. The number of anilines is 1. The first-order chi connectivity index (χ1) is 21.3. The molecule has 2 aromatic carbocycles. The Morgan fingerprint density at radius 2 is 2.00 bits per heavy atom. The number of phenolic OH excluding ortho intramolecular Hbond substituents is 1. The highest BCUT2D eigenvalue weighted by molar-refractivity contribution is 6.04. The van der Waals surface area contributed by atoms with Gasteiger partial charge in [-0.05, 0) is 63.7 Å². The van der Waals surface area contributed by atoms with E-state index >= 15 is 4.39 Å². The third-order valence-corrected chi connectivity index (χ3v) is 9.02. The largest absolute Gasteiger partial charge is 0.508 e. The molecule has 4 aromatic rings. The Morgan fingerprint density at radius 3 is 2.71 bits per heavy atom. The number of ether oxygens (including phenoxy) is 2. The highest BCUT2D eigenvalue weighted by Crippen LogP contribution is 2.43. The van der Waals surface area contributed by atoms with E-state index in [1.54, 1.807) is 20.8 Å². The van der Waals surface area contributed by atoms with Crippen molar-refractivity contribution in [3.8, 4) is 41.2 Å². The van der Waals surface area contributed by atoms with Crippen LogP contribution in [0, 0.1) is 24.0 Å². The summed E-state index contributed by atoms with van der Waals surface area (Å²) in [7, 11) is 1.34. The van der Waals surface area contributed by atoms with Crippen molar-refractivity contribution >= 4 is 27.5 Å². The van der Waals surface area contributed by atoms with E-state index in [0.717, 1.165) is 19.4 Å². The van der Waals surface area contributed by atoms with Crippen LogP contribution in [0.25, 0.3) is 32.9 Å². The van der Waals surface area contributed by atoms with Gasteiger partial charge in [-0.1, -0.05) is 12.0 Å². The molecule has 2 fully saturated rings. The number of aromatic nitrogens is 3. The van der Waals surface area contributed by atoms with Gasteiger partial charge in [0.25, 0.3) is 0 Å². The lowest BCUT2D eigenvalue weighted by Gasteiger charge is -2.31. The summed E-state index contributed by atoms with van der Waals surface area (Å²) in [6, 6.07) is 4.47. The summed E-state index contributed by atoms with van der Waals surface area (Å²) >= 11 is 0. The summed E-state index contributed by atoms with van der Waals surface area (Å²) in [5.41, 5.74) is -2.36. The first-order valence-corrected chi connectivity index (χ1v) is 14.7. The molecule has 3 N–H and O–H groups in total. The van der Waals surface area contributed by atoms with Crippen molar-refractivity contribution in [1.29, 1.82) is 0 Å². The number of pyridine rings is 1. The number of phenols is 1. The van der Waals surface area contributed by atoms with Gasteiger partial charge in [-0.3, -0.25) is 4.90 Å². The Hall–Kier alpha value is -4.34. The molecule has 9 nitrogen and oxygen atoms in total. The summed E-state index contributed by atoms with van der Waals surface area (Å²) in [5, 5.41) is 24.9. The van der Waals surface area contributed by atoms with E-state index in [2.05, 4.69) is 31.1 Å². The van der Waals surface area contributed by atoms with Crippen LogP contribution in [0.2, 0.25) is 0 Å². The van der Waals surface area contributed by atoms with Crippen molar-refractivity contribution in [3.05, 3.63) is 41.5 Å². The molecule has 4 heterocycles. The van der Waals surface area contributed by atoms with Crippen molar-refractivity contribution in [2.24, 2.45) is 0 Å². The molecule has 236 valence electrons. The molecule has 2 aliphatic rings. The normalized spacial score (nSPS) is 20.7. The fourth-order valence-corrected chi connectivity index (χ4v) is 6.40. The molecule has 0 saturated carbocycles. The number of fused-ring (bicyclic) bond motifs is 3. The van der Waals surface area contributed by atoms with E-state index < -0.39 is 35.0 Å². The highest BCUT2D eigenvalue weighted by atomic mass is 19.1. The van der Waals surface area contributed by atoms with E-state index in [4.69, 9.17) is 15.9 Å². The zero-order valence-electron chi connectivity index (χ0n) is 25.4. The van der Waals surface area contributed by atoms with Gasteiger partial charge in [-0.25, -0.2) is 18.2 Å². The summed E-state index contributed by atoms with van der Waals surface area (Å²) in [6.07, 6.45) is 6.65. The zero-order valence-corrected chi connectivity index (χ0v) is 25.4. The van der Waals surface area contributed by atoms with Crippen molar-refractivity contribution in [2.75, 3.05) is 32.1 Å². The first kappa shape index (κ1) is 30.7. The van der Waals surface area contributed by atoms with Gasteiger partial charge in [0.2, 0.25) is 5.88 Å². The molecular weight excluding hydrogens is 587 g/mol. The third-order valence-electron chi connectivity index (χ3n) is 9.02. The van der Waals surface area contributed by atoms with Gasteiger partial charge in [0, 0.05) is 23.9 Å². The van der Waals surface area contributed by atoms with Crippen LogP contribution in [0.4, 0.5) is 19.0 Å². The number of benzene rings is 2. The lowest BCUT2D eigenvalue weighted by atomic mass is 9.95. The lowest BCUT2D eigenvalue weighted by Crippen LogP contribution is -2.43. The maximum absolute atomic E-state index is 16.8. The molecule has 0 amide bonds. The van der Waals surface area contributed by atoms with Crippen molar-refractivity contribution in [1.82, 2.24) is 19.9 Å². The number of hydrogen-bond acceptors (Lipinski definition) is 9. The predicted octanol–water partition coefficient (Wildman–Crippen LogP) is 5.35. The van der Waals surface area contributed by atoms with E-state index in [1.807, 2.05) is 0 Å². The van der Waals surface area contributed by atoms with Gasteiger partial charge in [-0.2, -0.15) is 9.97 Å². The number of halogens is 3. The SMILES string of the molecule is C#Cc1c(F)ccc2cc(O)cc(-c3nc(OC)c4c(N[C@@H](C)C(C)(C)O)nc(OC[C@@]56CCCN5C[C@H](F)C6)nc4c3F)c12. The fourth-order valence-electron chi connectivity index (χ4n) is 6.40. The second kappa shape index (κ2) is 11.2. The van der Waals surface area contributed by atoms with Crippen LogP contribution in [-0.4, -0.2) is 80.2 Å². The molecule has 0 aliphatic carbocycles. The Kier molecular flexibility index (Phi) is 7.65. The van der Waals surface area contributed by atoms with Crippen LogP contribution < -0.4 is 14.8 Å². The smallest absolute Gasteiger partial charge is 0.319 e. The Bertz CT molecular complexity index is 1860. The second-order valence-electron chi connectivity index (χ2n) is 12.4. The quantitative estimate of drug-likeness (QED) is 0.224. The van der Waals surface area contributed by atoms with Crippen LogP contribution in [0.15, 0.2) is 24.3 Å². The fraction of sp³-hybridized carbons (Fsp3) is 0.424. The highest BCUT2D eigenvalue weighted by Gasteiger charge is 2.49. The minimum Gasteiger partial charge on any atom is -0.508 e. The number of terminal acetylenes is 1. The number of nitrogens with one attached hydrogen (secondary N) is 1. The average molecular weight is 622 g/mol. The molecule has 0 spiro atoms.